The van der Waals surface area contributed by atoms with Gasteiger partial charge in [0.1, 0.15) is 5.76 Å². The normalized spacial score (nSPS) is 17.0. The number of unbranched alkanes of at least 4 members (excludes halogenated alkanes) is 2. The number of Topliss-reactive ketones (excluding diaryl/α,β-unsaturated/α-hetero) is 1. The number of ketones is 1. The van der Waals surface area contributed by atoms with Gasteiger partial charge in [-0.2, -0.15) is 0 Å². The maximum absolute atomic E-state index is 13.3. The smallest absolute Gasteiger partial charge is 0.295 e. The number of phenols is 1. The van der Waals surface area contributed by atoms with Crippen LogP contribution in [0.1, 0.15) is 70.0 Å². The van der Waals surface area contributed by atoms with Crippen molar-refractivity contribution in [2.24, 2.45) is 0 Å². The highest BCUT2D eigenvalue weighted by Crippen LogP contribution is 2.42. The first kappa shape index (κ1) is 29.7. The van der Waals surface area contributed by atoms with Crippen LogP contribution in [0, 0.1) is 0 Å². The monoisotopic (exact) mass is 586 g/mol. The van der Waals surface area contributed by atoms with Crippen molar-refractivity contribution in [2.45, 2.75) is 58.9 Å². The predicted octanol–water partition coefficient (Wildman–Crippen LogP) is 6.27. The molecule has 2 N–H and O–H groups in total. The second kappa shape index (κ2) is 14.4. The Balaban J connectivity index is 1.98. The summed E-state index contributed by atoms with van der Waals surface area (Å²) >= 11 is 3.39. The van der Waals surface area contributed by atoms with E-state index in [9.17, 15) is 19.8 Å². The van der Waals surface area contributed by atoms with Crippen molar-refractivity contribution >= 4 is 33.4 Å². The van der Waals surface area contributed by atoms with E-state index in [1.54, 1.807) is 41.3 Å². The molecule has 0 radical (unpaired) electrons. The van der Waals surface area contributed by atoms with Crippen LogP contribution < -0.4 is 4.74 Å². The molecule has 1 heterocycles. The maximum atomic E-state index is 13.3. The lowest BCUT2D eigenvalue weighted by molar-refractivity contribution is -0.140. The van der Waals surface area contributed by atoms with E-state index in [1.807, 2.05) is 6.92 Å². The molecule has 206 valence electrons. The second-order valence-corrected chi connectivity index (χ2v) is 10.5. The number of carbonyl (C=O) groups excluding carboxylic acids is 2. The Bertz CT molecular complexity index is 1120. The first-order valence-electron chi connectivity index (χ1n) is 13.5. The van der Waals surface area contributed by atoms with Gasteiger partial charge in [-0.3, -0.25) is 9.59 Å². The molecule has 3 rings (SSSR count). The molecule has 1 aliphatic heterocycles. The topological polar surface area (TPSA) is 90.3 Å². The van der Waals surface area contributed by atoms with Crippen molar-refractivity contribution in [1.82, 2.24) is 9.80 Å². The Morgan fingerprint density at radius 2 is 1.61 bits per heavy atom. The highest BCUT2D eigenvalue weighted by molar-refractivity contribution is 9.10. The van der Waals surface area contributed by atoms with E-state index in [2.05, 4.69) is 34.7 Å². The van der Waals surface area contributed by atoms with E-state index >= 15 is 0 Å². The number of rotatable bonds is 14. The lowest BCUT2D eigenvalue weighted by Crippen LogP contribution is -2.34. The van der Waals surface area contributed by atoms with E-state index in [1.165, 1.54) is 6.07 Å². The van der Waals surface area contributed by atoms with Crippen LogP contribution >= 0.6 is 15.9 Å². The molecule has 1 saturated heterocycles. The van der Waals surface area contributed by atoms with Crippen LogP contribution in [0.4, 0.5) is 0 Å². The minimum absolute atomic E-state index is 0.0250. The summed E-state index contributed by atoms with van der Waals surface area (Å²) in [5, 5.41) is 21.5. The van der Waals surface area contributed by atoms with Gasteiger partial charge >= 0.3 is 0 Å². The molecule has 1 fully saturated rings. The van der Waals surface area contributed by atoms with E-state index < -0.39 is 17.7 Å². The summed E-state index contributed by atoms with van der Waals surface area (Å²) in [7, 11) is 0. The van der Waals surface area contributed by atoms with Gasteiger partial charge in [0.15, 0.2) is 11.5 Å². The molecule has 38 heavy (non-hydrogen) atoms. The number of aromatic hydroxyl groups is 1. The van der Waals surface area contributed by atoms with Crippen LogP contribution in [0.5, 0.6) is 11.5 Å². The predicted molar refractivity (Wildman–Crippen MR) is 153 cm³/mol. The SMILES string of the molecule is CCCCN(CCCC)CCCN1C(=O)C(=O)/C(=C(\O)c2ccc(Br)cc2)C1c1ccc(O)c(OCC)c1. The van der Waals surface area contributed by atoms with Gasteiger partial charge in [0, 0.05) is 16.6 Å². The third-order valence-corrected chi connectivity index (χ3v) is 7.31. The number of aliphatic hydroxyl groups is 1. The number of carbonyl (C=O) groups is 2. The van der Waals surface area contributed by atoms with Gasteiger partial charge in [-0.05, 0) is 75.6 Å². The van der Waals surface area contributed by atoms with Crippen LogP contribution in [0.15, 0.2) is 52.5 Å². The van der Waals surface area contributed by atoms with E-state index in [0.29, 0.717) is 30.7 Å². The van der Waals surface area contributed by atoms with Crippen LogP contribution in [0.2, 0.25) is 0 Å². The summed E-state index contributed by atoms with van der Waals surface area (Å²) < 4.78 is 6.41. The number of phenolic OH excluding ortho intramolecular Hbond substituents is 1. The molecule has 0 saturated carbocycles. The first-order valence-corrected chi connectivity index (χ1v) is 14.3. The largest absolute Gasteiger partial charge is 0.507 e. The van der Waals surface area contributed by atoms with Crippen LogP contribution in [-0.2, 0) is 9.59 Å². The zero-order valence-electron chi connectivity index (χ0n) is 22.6. The number of amides is 1. The molecule has 0 bridgehead atoms. The van der Waals surface area contributed by atoms with E-state index in [-0.39, 0.29) is 22.8 Å². The first-order chi connectivity index (χ1) is 18.3. The number of aliphatic hydroxyl groups excluding tert-OH is 1. The highest BCUT2D eigenvalue weighted by Gasteiger charge is 2.46. The van der Waals surface area contributed by atoms with Crippen molar-refractivity contribution in [3.8, 4) is 11.5 Å². The number of halogens is 1. The minimum atomic E-state index is -0.793. The third-order valence-electron chi connectivity index (χ3n) is 6.79. The van der Waals surface area contributed by atoms with Gasteiger partial charge in [-0.15, -0.1) is 0 Å². The van der Waals surface area contributed by atoms with Gasteiger partial charge in [-0.1, -0.05) is 60.8 Å². The van der Waals surface area contributed by atoms with Gasteiger partial charge in [0.25, 0.3) is 11.7 Å². The standard InChI is InChI=1S/C30H39BrN2O5/c1-4-7-16-32(17-8-5-2)18-9-19-33-27(22-12-15-24(34)25(20-22)38-6-3)26(29(36)30(33)37)28(35)21-10-13-23(31)14-11-21/h10-15,20,27,34-35H,4-9,16-19H2,1-3H3/b28-26-. The molecule has 0 aromatic heterocycles. The fourth-order valence-electron chi connectivity index (χ4n) is 4.76. The molecule has 2 aromatic carbocycles. The fraction of sp³-hybridized carbons (Fsp3) is 0.467. The van der Waals surface area contributed by atoms with Gasteiger partial charge in [-0.25, -0.2) is 0 Å². The Morgan fingerprint density at radius 3 is 2.21 bits per heavy atom. The summed E-state index contributed by atoms with van der Waals surface area (Å²) in [5.74, 6) is -1.32. The molecule has 1 aliphatic rings. The summed E-state index contributed by atoms with van der Waals surface area (Å²) in [5.41, 5.74) is 1.09. The molecule has 7 nitrogen and oxygen atoms in total. The molecule has 0 aliphatic carbocycles. The van der Waals surface area contributed by atoms with Crippen molar-refractivity contribution in [1.29, 1.82) is 0 Å². The number of nitrogens with zero attached hydrogens (tertiary/aromatic N) is 2. The molecule has 1 unspecified atom stereocenters. The second-order valence-electron chi connectivity index (χ2n) is 9.56. The van der Waals surface area contributed by atoms with Gasteiger partial charge in [0.05, 0.1) is 18.2 Å². The number of ether oxygens (including phenoxy) is 1. The lowest BCUT2D eigenvalue weighted by atomic mass is 9.95. The zero-order chi connectivity index (χ0) is 27.7. The molecule has 8 heteroatoms. The summed E-state index contributed by atoms with van der Waals surface area (Å²) in [6.45, 7) is 9.73. The van der Waals surface area contributed by atoms with Crippen molar-refractivity contribution in [3.63, 3.8) is 0 Å². The van der Waals surface area contributed by atoms with Crippen molar-refractivity contribution < 1.29 is 24.5 Å². The molecular weight excluding hydrogens is 548 g/mol. The zero-order valence-corrected chi connectivity index (χ0v) is 24.2. The minimum Gasteiger partial charge on any atom is -0.507 e. The van der Waals surface area contributed by atoms with Crippen LogP contribution in [0.25, 0.3) is 5.76 Å². The van der Waals surface area contributed by atoms with Crippen molar-refractivity contribution in [3.05, 3.63) is 63.6 Å². The number of hydrogen-bond donors (Lipinski definition) is 2. The average Bonchev–Trinajstić information content (AvgIpc) is 3.16. The Labute approximate surface area is 234 Å². The number of hydrogen-bond acceptors (Lipinski definition) is 6. The molecule has 2 aromatic rings. The highest BCUT2D eigenvalue weighted by atomic mass is 79.9. The molecule has 1 atom stereocenters. The van der Waals surface area contributed by atoms with Gasteiger partial charge in [0.2, 0.25) is 0 Å². The number of likely N-dealkylation sites (tertiary alicyclic amines) is 1. The quantitative estimate of drug-likeness (QED) is 0.154. The summed E-state index contributed by atoms with van der Waals surface area (Å²) in [4.78, 5) is 30.6. The number of benzene rings is 2. The maximum Gasteiger partial charge on any atom is 0.295 e. The summed E-state index contributed by atoms with van der Waals surface area (Å²) in [6.07, 6.45) is 5.18. The lowest BCUT2D eigenvalue weighted by Gasteiger charge is -2.28. The van der Waals surface area contributed by atoms with Crippen LogP contribution in [-0.4, -0.2) is 64.5 Å². The van der Waals surface area contributed by atoms with Crippen molar-refractivity contribution in [2.75, 3.05) is 32.8 Å². The van der Waals surface area contributed by atoms with E-state index in [4.69, 9.17) is 4.74 Å². The average molecular weight is 588 g/mol. The third kappa shape index (κ3) is 7.17. The molecule has 0 spiro atoms. The fourth-order valence-corrected chi connectivity index (χ4v) is 5.02. The molecular formula is C30H39BrN2O5. The summed E-state index contributed by atoms with van der Waals surface area (Å²) in [6, 6.07) is 11.0. The van der Waals surface area contributed by atoms with Crippen LogP contribution in [0.3, 0.4) is 0 Å². The Morgan fingerprint density at radius 1 is 0.974 bits per heavy atom. The molecule has 1 amide bonds. The van der Waals surface area contributed by atoms with Gasteiger partial charge < -0.3 is 24.7 Å². The van der Waals surface area contributed by atoms with E-state index in [0.717, 1.165) is 49.8 Å². The Hall–Kier alpha value is -2.84. The Kier molecular flexibility index (Phi) is 11.2.